The predicted molar refractivity (Wildman–Crippen MR) is 88.5 cm³/mol. The van der Waals surface area contributed by atoms with Gasteiger partial charge in [-0.3, -0.25) is 9.59 Å². The number of nitrogens with two attached hydrogens (primary N) is 1. The maximum atomic E-state index is 12.1. The van der Waals surface area contributed by atoms with Crippen molar-refractivity contribution in [2.75, 3.05) is 13.2 Å². The molecule has 132 valence electrons. The first-order valence-corrected chi connectivity index (χ1v) is 7.72. The quantitative estimate of drug-likeness (QED) is 0.723. The zero-order valence-corrected chi connectivity index (χ0v) is 14.4. The molecular weight excluding hydrogens is 312 g/mol. The summed E-state index contributed by atoms with van der Waals surface area (Å²) in [7, 11) is 0. The molecule has 1 aromatic carbocycles. The molecule has 0 aromatic heterocycles. The molecule has 0 heterocycles. The Morgan fingerprint density at radius 3 is 2.17 bits per heavy atom. The maximum Gasteiger partial charge on any atom is 0.344 e. The number of carbonyl (C=O) groups excluding carboxylic acids is 3. The number of para-hydroxylation sites is 1. The molecule has 0 radical (unpaired) electrons. The first-order chi connectivity index (χ1) is 11.2. The Morgan fingerprint density at radius 2 is 1.62 bits per heavy atom. The van der Waals surface area contributed by atoms with Crippen molar-refractivity contribution in [3.63, 3.8) is 0 Å². The van der Waals surface area contributed by atoms with Gasteiger partial charge >= 0.3 is 5.97 Å². The van der Waals surface area contributed by atoms with Crippen molar-refractivity contribution in [2.45, 2.75) is 39.8 Å². The highest BCUT2D eigenvalue weighted by Crippen LogP contribution is 2.17. The zero-order chi connectivity index (χ0) is 18.3. The number of primary amides is 1. The van der Waals surface area contributed by atoms with E-state index < -0.39 is 18.5 Å². The molecule has 0 atom stereocenters. The van der Waals surface area contributed by atoms with Crippen LogP contribution in [-0.2, 0) is 14.3 Å². The van der Waals surface area contributed by atoms with Crippen LogP contribution >= 0.6 is 0 Å². The highest BCUT2D eigenvalue weighted by atomic mass is 16.6. The summed E-state index contributed by atoms with van der Waals surface area (Å²) in [5.74, 6) is -1.43. The summed E-state index contributed by atoms with van der Waals surface area (Å²) in [6.45, 7) is 6.80. The van der Waals surface area contributed by atoms with E-state index in [0.717, 1.165) is 0 Å². The summed E-state index contributed by atoms with van der Waals surface area (Å²) in [5.41, 5.74) is 5.40. The van der Waals surface area contributed by atoms with Gasteiger partial charge in [0.05, 0.1) is 5.56 Å². The Bertz CT molecular complexity index is 590. The van der Waals surface area contributed by atoms with E-state index >= 15 is 0 Å². The third kappa shape index (κ3) is 5.57. The maximum absolute atomic E-state index is 12.1. The lowest BCUT2D eigenvalue weighted by molar-refractivity contribution is -0.155. The molecule has 0 aliphatic carbocycles. The Kier molecular flexibility index (Phi) is 7.23. The van der Waals surface area contributed by atoms with Gasteiger partial charge in [0.25, 0.3) is 11.8 Å². The normalized spacial score (nSPS) is 10.6. The molecule has 0 saturated heterocycles. The number of hydrogen-bond acceptors (Lipinski definition) is 5. The molecule has 1 rings (SSSR count). The molecule has 1 aromatic rings. The lowest BCUT2D eigenvalue weighted by atomic mass is 10.2. The second kappa shape index (κ2) is 8.90. The molecule has 0 unspecified atom stereocenters. The minimum atomic E-state index is -0.699. The van der Waals surface area contributed by atoms with Gasteiger partial charge in [-0.05, 0) is 39.8 Å². The molecule has 24 heavy (non-hydrogen) atoms. The molecule has 0 aliphatic rings. The summed E-state index contributed by atoms with van der Waals surface area (Å²) in [5, 5.41) is 0. The number of nitrogens with zero attached hydrogens (tertiary/aromatic N) is 1. The minimum absolute atomic E-state index is 0.00916. The van der Waals surface area contributed by atoms with Crippen molar-refractivity contribution in [2.24, 2.45) is 5.73 Å². The summed E-state index contributed by atoms with van der Waals surface area (Å²) in [6.07, 6.45) is 0. The van der Waals surface area contributed by atoms with E-state index in [-0.39, 0.29) is 35.9 Å². The van der Waals surface area contributed by atoms with Gasteiger partial charge in [0.2, 0.25) is 0 Å². The van der Waals surface area contributed by atoms with Crippen LogP contribution in [-0.4, -0.2) is 48.0 Å². The van der Waals surface area contributed by atoms with Gasteiger partial charge in [-0.15, -0.1) is 0 Å². The number of rotatable bonds is 8. The van der Waals surface area contributed by atoms with Gasteiger partial charge in [-0.25, -0.2) is 4.79 Å². The molecular formula is C17H24N2O5. The van der Waals surface area contributed by atoms with Gasteiger partial charge < -0.3 is 20.1 Å². The van der Waals surface area contributed by atoms with Crippen LogP contribution in [0.4, 0.5) is 0 Å². The topological polar surface area (TPSA) is 98.9 Å². The number of benzene rings is 1. The third-order valence-corrected chi connectivity index (χ3v) is 3.26. The van der Waals surface area contributed by atoms with Crippen LogP contribution in [0.1, 0.15) is 38.1 Å². The van der Waals surface area contributed by atoms with E-state index in [1.54, 1.807) is 17.0 Å². The fourth-order valence-corrected chi connectivity index (χ4v) is 2.36. The van der Waals surface area contributed by atoms with Gasteiger partial charge in [0.15, 0.2) is 13.2 Å². The second-order valence-electron chi connectivity index (χ2n) is 5.80. The minimum Gasteiger partial charge on any atom is -0.481 e. The standard InChI is InChI=1S/C17H24N2O5/c1-11(2)19(12(3)4)15(20)9-24-16(21)10-23-14-8-6-5-7-13(14)17(18)22/h5-8,11-12H,9-10H2,1-4H3,(H2,18,22). The Balaban J connectivity index is 2.53. The Labute approximate surface area is 141 Å². The smallest absolute Gasteiger partial charge is 0.344 e. The summed E-state index contributed by atoms with van der Waals surface area (Å²) >= 11 is 0. The fraction of sp³-hybridized carbons (Fsp3) is 0.471. The highest BCUT2D eigenvalue weighted by molar-refractivity contribution is 5.95. The van der Waals surface area contributed by atoms with Gasteiger partial charge in [0.1, 0.15) is 5.75 Å². The number of ether oxygens (including phenoxy) is 2. The first-order valence-electron chi connectivity index (χ1n) is 7.72. The van der Waals surface area contributed by atoms with Crippen molar-refractivity contribution < 1.29 is 23.9 Å². The zero-order valence-electron chi connectivity index (χ0n) is 14.4. The van der Waals surface area contributed by atoms with E-state index in [1.807, 2.05) is 27.7 Å². The van der Waals surface area contributed by atoms with Crippen LogP contribution in [0.15, 0.2) is 24.3 Å². The molecule has 2 amide bonds. The molecule has 0 spiro atoms. The number of amides is 2. The van der Waals surface area contributed by atoms with Crippen LogP contribution in [0.5, 0.6) is 5.75 Å². The van der Waals surface area contributed by atoms with Crippen molar-refractivity contribution in [3.8, 4) is 5.75 Å². The van der Waals surface area contributed by atoms with Crippen molar-refractivity contribution in [1.29, 1.82) is 0 Å². The lowest BCUT2D eigenvalue weighted by Crippen LogP contribution is -2.44. The fourth-order valence-electron chi connectivity index (χ4n) is 2.36. The van der Waals surface area contributed by atoms with E-state index in [2.05, 4.69) is 0 Å². The molecule has 7 heteroatoms. The number of carbonyl (C=O) groups is 3. The van der Waals surface area contributed by atoms with Gasteiger partial charge in [-0.2, -0.15) is 0 Å². The first kappa shape index (κ1) is 19.5. The average Bonchev–Trinajstić information content (AvgIpc) is 2.50. The summed E-state index contributed by atoms with van der Waals surface area (Å²) < 4.78 is 10.2. The molecule has 0 aliphatic heterocycles. The highest BCUT2D eigenvalue weighted by Gasteiger charge is 2.21. The number of hydrogen-bond donors (Lipinski definition) is 1. The molecule has 0 bridgehead atoms. The van der Waals surface area contributed by atoms with Crippen LogP contribution in [0.3, 0.4) is 0 Å². The summed E-state index contributed by atoms with van der Waals surface area (Å²) in [6, 6.07) is 6.33. The monoisotopic (exact) mass is 336 g/mol. The van der Waals surface area contributed by atoms with E-state index in [9.17, 15) is 14.4 Å². The van der Waals surface area contributed by atoms with E-state index in [0.29, 0.717) is 0 Å². The van der Waals surface area contributed by atoms with Crippen LogP contribution in [0.2, 0.25) is 0 Å². The average molecular weight is 336 g/mol. The molecule has 0 saturated carbocycles. The van der Waals surface area contributed by atoms with E-state index in [4.69, 9.17) is 15.2 Å². The van der Waals surface area contributed by atoms with Crippen LogP contribution in [0.25, 0.3) is 0 Å². The Morgan fingerprint density at radius 1 is 1.04 bits per heavy atom. The third-order valence-electron chi connectivity index (χ3n) is 3.26. The number of esters is 1. The summed E-state index contributed by atoms with van der Waals surface area (Å²) in [4.78, 5) is 36.7. The molecule has 0 fully saturated rings. The van der Waals surface area contributed by atoms with Gasteiger partial charge in [-0.1, -0.05) is 12.1 Å². The molecule has 7 nitrogen and oxygen atoms in total. The Hall–Kier alpha value is -2.57. The van der Waals surface area contributed by atoms with Crippen molar-refractivity contribution >= 4 is 17.8 Å². The van der Waals surface area contributed by atoms with Crippen molar-refractivity contribution in [1.82, 2.24) is 4.90 Å². The SMILES string of the molecule is CC(C)N(C(=O)COC(=O)COc1ccccc1C(N)=O)C(C)C. The van der Waals surface area contributed by atoms with E-state index in [1.165, 1.54) is 12.1 Å². The van der Waals surface area contributed by atoms with Crippen molar-refractivity contribution in [3.05, 3.63) is 29.8 Å². The van der Waals surface area contributed by atoms with Crippen LogP contribution < -0.4 is 10.5 Å². The lowest BCUT2D eigenvalue weighted by Gasteiger charge is -2.30. The van der Waals surface area contributed by atoms with Crippen LogP contribution in [0, 0.1) is 0 Å². The second-order valence-corrected chi connectivity index (χ2v) is 5.80. The largest absolute Gasteiger partial charge is 0.481 e. The molecule has 2 N–H and O–H groups in total. The van der Waals surface area contributed by atoms with Gasteiger partial charge in [0, 0.05) is 12.1 Å². The predicted octanol–water partition coefficient (Wildman–Crippen LogP) is 1.35.